The van der Waals surface area contributed by atoms with Gasteiger partial charge in [0, 0.05) is 17.8 Å². The molecule has 0 fully saturated rings. The van der Waals surface area contributed by atoms with E-state index < -0.39 is 0 Å². The van der Waals surface area contributed by atoms with Crippen molar-refractivity contribution in [2.45, 2.75) is 59.3 Å². The molecule has 0 bridgehead atoms. The first kappa shape index (κ1) is 19.3. The summed E-state index contributed by atoms with van der Waals surface area (Å²) in [7, 11) is 0. The van der Waals surface area contributed by atoms with Crippen molar-refractivity contribution in [3.63, 3.8) is 0 Å². The Balaban J connectivity index is 2.56. The van der Waals surface area contributed by atoms with E-state index >= 15 is 0 Å². The van der Waals surface area contributed by atoms with E-state index in [1.807, 2.05) is 41.5 Å². The third kappa shape index (κ3) is 3.96. The number of nitriles is 1. The highest BCUT2D eigenvalue weighted by Gasteiger charge is 2.28. The molecule has 2 rings (SSSR count). The maximum Gasteiger partial charge on any atom is 0.313 e. The summed E-state index contributed by atoms with van der Waals surface area (Å²) in [6.45, 7) is 13.8. The van der Waals surface area contributed by atoms with Crippen molar-refractivity contribution < 1.29 is 4.99 Å². The third-order valence-corrected chi connectivity index (χ3v) is 3.66. The normalized spacial score (nSPS) is 13.4. The van der Waals surface area contributed by atoms with E-state index in [1.54, 1.807) is 6.92 Å². The molecule has 0 aliphatic carbocycles. The van der Waals surface area contributed by atoms with Gasteiger partial charge in [-0.25, -0.2) is 10.1 Å². The van der Waals surface area contributed by atoms with Gasteiger partial charge in [0.1, 0.15) is 11.6 Å². The van der Waals surface area contributed by atoms with Gasteiger partial charge in [-0.05, 0) is 5.10 Å². The second-order valence-corrected chi connectivity index (χ2v) is 8.21. The molecule has 0 saturated carbocycles. The molecular weight excluding hydrogens is 330 g/mol. The van der Waals surface area contributed by atoms with Crippen LogP contribution in [0.15, 0.2) is 10.2 Å². The predicted octanol–water partition coefficient (Wildman–Crippen LogP) is 2.10. The molecular formula is C17H26N9+. The fourth-order valence-electron chi connectivity index (χ4n) is 2.38. The SMILES string of the molecule is CC(N)=[NH+]c1n[nH]c(C(C)(C)C)c1N=Nc1n[nH]c(C(C)(C)C)c1C#N. The fraction of sp³-hybridized carbons (Fsp3) is 0.529. The van der Waals surface area contributed by atoms with Gasteiger partial charge in [-0.1, -0.05) is 41.5 Å². The van der Waals surface area contributed by atoms with Crippen molar-refractivity contribution in [3.05, 3.63) is 17.0 Å². The van der Waals surface area contributed by atoms with Gasteiger partial charge in [-0.15, -0.1) is 10.2 Å². The highest BCUT2D eigenvalue weighted by atomic mass is 15.3. The van der Waals surface area contributed by atoms with E-state index in [-0.39, 0.29) is 16.6 Å². The Kier molecular flexibility index (Phi) is 4.98. The van der Waals surface area contributed by atoms with E-state index in [9.17, 15) is 5.26 Å². The summed E-state index contributed by atoms with van der Waals surface area (Å²) in [6.07, 6.45) is 0. The summed E-state index contributed by atoms with van der Waals surface area (Å²) in [6, 6.07) is 2.16. The molecule has 0 amide bonds. The Hall–Kier alpha value is -3.02. The maximum atomic E-state index is 9.50. The van der Waals surface area contributed by atoms with Crippen molar-refractivity contribution in [2.75, 3.05) is 0 Å². The highest BCUT2D eigenvalue weighted by molar-refractivity contribution is 5.73. The van der Waals surface area contributed by atoms with Crippen LogP contribution in [0.4, 0.5) is 17.3 Å². The van der Waals surface area contributed by atoms with Gasteiger partial charge in [0.15, 0.2) is 11.5 Å². The summed E-state index contributed by atoms with van der Waals surface area (Å²) in [5.74, 6) is 1.21. The third-order valence-electron chi connectivity index (χ3n) is 3.66. The van der Waals surface area contributed by atoms with Gasteiger partial charge >= 0.3 is 5.82 Å². The second-order valence-electron chi connectivity index (χ2n) is 8.21. The number of rotatable bonds is 3. The van der Waals surface area contributed by atoms with Crippen LogP contribution in [0.25, 0.3) is 0 Å². The molecule has 2 aromatic heterocycles. The number of hydrogen-bond donors (Lipinski definition) is 4. The Bertz CT molecular complexity index is 888. The Morgan fingerprint density at radius 1 is 1.04 bits per heavy atom. The Morgan fingerprint density at radius 3 is 2.12 bits per heavy atom. The lowest BCUT2D eigenvalue weighted by atomic mass is 9.90. The fourth-order valence-corrected chi connectivity index (χ4v) is 2.38. The lowest BCUT2D eigenvalue weighted by Gasteiger charge is -2.15. The number of hydrogen-bond acceptors (Lipinski definition) is 5. The van der Waals surface area contributed by atoms with Crippen LogP contribution in [0.2, 0.25) is 0 Å². The number of aromatic nitrogens is 4. The molecule has 2 aromatic rings. The number of amidine groups is 1. The predicted molar refractivity (Wildman–Crippen MR) is 99.0 cm³/mol. The van der Waals surface area contributed by atoms with E-state index in [2.05, 4.69) is 41.7 Å². The zero-order valence-electron chi connectivity index (χ0n) is 16.3. The van der Waals surface area contributed by atoms with Gasteiger partial charge in [-0.3, -0.25) is 5.10 Å². The average molecular weight is 356 g/mol. The smallest absolute Gasteiger partial charge is 0.313 e. The zero-order valence-corrected chi connectivity index (χ0v) is 16.3. The van der Waals surface area contributed by atoms with Crippen molar-refractivity contribution in [3.8, 4) is 6.07 Å². The minimum atomic E-state index is -0.254. The Morgan fingerprint density at radius 2 is 1.62 bits per heavy atom. The summed E-state index contributed by atoms with van der Waals surface area (Å²) >= 11 is 0. The summed E-state index contributed by atoms with van der Waals surface area (Å²) in [4.78, 5) is 2.97. The molecule has 9 nitrogen and oxygen atoms in total. The number of nitrogens with two attached hydrogens (primary N) is 1. The van der Waals surface area contributed by atoms with E-state index in [4.69, 9.17) is 5.73 Å². The molecule has 5 N–H and O–H groups in total. The quantitative estimate of drug-likeness (QED) is 0.379. The van der Waals surface area contributed by atoms with Gasteiger partial charge in [0.2, 0.25) is 5.82 Å². The van der Waals surface area contributed by atoms with Crippen LogP contribution >= 0.6 is 0 Å². The van der Waals surface area contributed by atoms with Crippen LogP contribution in [0.5, 0.6) is 0 Å². The van der Waals surface area contributed by atoms with Crippen LogP contribution < -0.4 is 10.7 Å². The first-order valence-electron chi connectivity index (χ1n) is 8.30. The van der Waals surface area contributed by atoms with E-state index in [0.29, 0.717) is 22.9 Å². The van der Waals surface area contributed by atoms with Gasteiger partial charge in [0.25, 0.3) is 0 Å². The van der Waals surface area contributed by atoms with E-state index in [1.165, 1.54) is 0 Å². The number of H-pyrrole nitrogens is 2. The molecule has 0 unspecified atom stereocenters. The van der Waals surface area contributed by atoms with Crippen LogP contribution in [-0.4, -0.2) is 26.2 Å². The summed E-state index contributed by atoms with van der Waals surface area (Å²) < 4.78 is 0. The lowest BCUT2D eigenvalue weighted by molar-refractivity contribution is -0.359. The molecule has 2 heterocycles. The molecule has 138 valence electrons. The number of nitrogens with one attached hydrogen (secondary N) is 3. The highest BCUT2D eigenvalue weighted by Crippen LogP contribution is 2.35. The monoisotopic (exact) mass is 356 g/mol. The minimum Gasteiger partial charge on any atom is -0.323 e. The average Bonchev–Trinajstić information content (AvgIpc) is 3.06. The van der Waals surface area contributed by atoms with Crippen LogP contribution in [-0.2, 0) is 10.8 Å². The van der Waals surface area contributed by atoms with Gasteiger partial charge < -0.3 is 5.73 Å². The maximum absolute atomic E-state index is 9.50. The zero-order chi connectivity index (χ0) is 19.7. The molecule has 0 aliphatic rings. The van der Waals surface area contributed by atoms with Gasteiger partial charge in [0.05, 0.1) is 11.4 Å². The lowest BCUT2D eigenvalue weighted by Crippen LogP contribution is -2.68. The molecule has 26 heavy (non-hydrogen) atoms. The minimum absolute atomic E-state index is 0.232. The van der Waals surface area contributed by atoms with Crippen LogP contribution in [0.3, 0.4) is 0 Å². The molecule has 0 aliphatic heterocycles. The van der Waals surface area contributed by atoms with Gasteiger partial charge in [-0.2, -0.15) is 10.4 Å². The van der Waals surface area contributed by atoms with Crippen molar-refractivity contribution in [1.82, 2.24) is 20.4 Å². The first-order chi connectivity index (χ1) is 11.9. The van der Waals surface area contributed by atoms with E-state index in [0.717, 1.165) is 11.4 Å². The number of aromatic amines is 2. The molecule has 0 saturated heterocycles. The molecule has 0 spiro atoms. The van der Waals surface area contributed by atoms with Crippen LogP contribution in [0.1, 0.15) is 65.4 Å². The first-order valence-corrected chi connectivity index (χ1v) is 8.30. The van der Waals surface area contributed by atoms with Crippen LogP contribution in [0, 0.1) is 11.3 Å². The van der Waals surface area contributed by atoms with Crippen molar-refractivity contribution in [1.29, 1.82) is 5.26 Å². The van der Waals surface area contributed by atoms with Crippen molar-refractivity contribution >= 4 is 23.2 Å². The standard InChI is InChI=1S/C17H25N9/c1-9(19)20-15-11(13(23-26-15)17(5,6)7)21-24-14-10(8-18)12(22-25-14)16(2,3)4/h1-7H3,(H,22,25)(H3,19,20,23,26)/p+1. The summed E-state index contributed by atoms with van der Waals surface area (Å²) in [5.41, 5.74) is 7.69. The van der Waals surface area contributed by atoms with Crippen molar-refractivity contribution in [2.24, 2.45) is 16.0 Å². The summed E-state index contributed by atoms with van der Waals surface area (Å²) in [5, 5.41) is 32.3. The topological polar surface area (TPSA) is 146 Å². The molecule has 9 heteroatoms. The largest absolute Gasteiger partial charge is 0.323 e. The number of nitrogens with zero attached hydrogens (tertiary/aromatic N) is 5. The Labute approximate surface area is 152 Å². The molecule has 0 radical (unpaired) electrons. The molecule has 0 aromatic carbocycles. The second kappa shape index (κ2) is 6.71. The number of azo groups is 1. The molecule has 0 atom stereocenters.